The first-order chi connectivity index (χ1) is 13.8. The quantitative estimate of drug-likeness (QED) is 0.542. The molecule has 0 aliphatic carbocycles. The maximum absolute atomic E-state index is 12.2. The first kappa shape index (κ1) is 21.9. The van der Waals surface area contributed by atoms with Gasteiger partial charge in [-0.05, 0) is 48.9 Å². The second-order valence-electron chi connectivity index (χ2n) is 7.00. The lowest BCUT2D eigenvalue weighted by Gasteiger charge is -2.14. The van der Waals surface area contributed by atoms with Crippen molar-refractivity contribution >= 4 is 40.5 Å². The zero-order chi connectivity index (χ0) is 21.4. The van der Waals surface area contributed by atoms with Crippen molar-refractivity contribution in [1.82, 2.24) is 0 Å². The summed E-state index contributed by atoms with van der Waals surface area (Å²) in [7, 11) is 0. The van der Waals surface area contributed by atoms with Gasteiger partial charge in [-0.1, -0.05) is 26.8 Å². The van der Waals surface area contributed by atoms with Crippen LogP contribution in [-0.4, -0.2) is 24.3 Å². The molecule has 7 nitrogen and oxygen atoms in total. The molecule has 0 aliphatic rings. The molecule has 7 heteroatoms. The number of carbonyl (C=O) groups is 3. The van der Waals surface area contributed by atoms with Crippen LogP contribution in [0.5, 0.6) is 0 Å². The predicted octanol–water partition coefficient (Wildman–Crippen LogP) is 3.99. The highest BCUT2D eigenvalue weighted by atomic mass is 16.2. The molecule has 0 saturated carbocycles. The zero-order valence-corrected chi connectivity index (χ0v) is 17.3. The van der Waals surface area contributed by atoms with Crippen LogP contribution in [0.15, 0.2) is 42.5 Å². The van der Waals surface area contributed by atoms with Gasteiger partial charge in [-0.3, -0.25) is 14.4 Å². The first-order valence-corrected chi connectivity index (χ1v) is 9.64. The van der Waals surface area contributed by atoms with Crippen LogP contribution < -0.4 is 21.3 Å². The van der Waals surface area contributed by atoms with Crippen molar-refractivity contribution in [1.29, 1.82) is 0 Å². The Morgan fingerprint density at radius 1 is 0.828 bits per heavy atom. The third-order valence-electron chi connectivity index (χ3n) is 4.33. The van der Waals surface area contributed by atoms with Gasteiger partial charge < -0.3 is 21.3 Å². The first-order valence-electron chi connectivity index (χ1n) is 9.64. The molecule has 154 valence electrons. The number of rotatable bonds is 8. The Hall–Kier alpha value is -3.35. The lowest BCUT2D eigenvalue weighted by atomic mass is 10.1. The van der Waals surface area contributed by atoms with Crippen molar-refractivity contribution in [3.8, 4) is 0 Å². The fraction of sp³-hybridized carbons (Fsp3) is 0.318. The molecule has 0 bridgehead atoms. The van der Waals surface area contributed by atoms with Crippen LogP contribution >= 0.6 is 0 Å². The normalized spacial score (nSPS) is 10.4. The molecule has 29 heavy (non-hydrogen) atoms. The molecule has 2 aromatic rings. The molecule has 0 saturated heterocycles. The maximum Gasteiger partial charge on any atom is 0.243 e. The molecule has 0 radical (unpaired) electrons. The Morgan fingerprint density at radius 2 is 1.41 bits per heavy atom. The molecule has 0 heterocycles. The molecule has 0 fully saturated rings. The van der Waals surface area contributed by atoms with Crippen molar-refractivity contribution in [3.63, 3.8) is 0 Å². The summed E-state index contributed by atoms with van der Waals surface area (Å²) in [5.41, 5.74) is 3.69. The average molecular weight is 396 g/mol. The van der Waals surface area contributed by atoms with E-state index in [9.17, 15) is 14.4 Å². The van der Waals surface area contributed by atoms with Gasteiger partial charge in [-0.25, -0.2) is 0 Å². The summed E-state index contributed by atoms with van der Waals surface area (Å²) in [5, 5.41) is 11.5. The van der Waals surface area contributed by atoms with Crippen molar-refractivity contribution < 1.29 is 14.4 Å². The minimum absolute atomic E-state index is 0.0567. The van der Waals surface area contributed by atoms with Gasteiger partial charge in [0.05, 0.1) is 6.54 Å². The van der Waals surface area contributed by atoms with Crippen LogP contribution in [-0.2, 0) is 14.4 Å². The largest absolute Gasteiger partial charge is 0.376 e. The van der Waals surface area contributed by atoms with Crippen LogP contribution in [0.3, 0.4) is 0 Å². The molecule has 0 unspecified atom stereocenters. The Labute approximate surface area is 171 Å². The third kappa shape index (κ3) is 6.64. The fourth-order valence-electron chi connectivity index (χ4n) is 2.51. The summed E-state index contributed by atoms with van der Waals surface area (Å²) in [4.78, 5) is 35.6. The van der Waals surface area contributed by atoms with Crippen molar-refractivity contribution in [2.75, 3.05) is 27.8 Å². The van der Waals surface area contributed by atoms with E-state index in [2.05, 4.69) is 21.3 Å². The smallest absolute Gasteiger partial charge is 0.243 e. The van der Waals surface area contributed by atoms with Crippen LogP contribution in [0, 0.1) is 12.8 Å². The van der Waals surface area contributed by atoms with E-state index in [0.29, 0.717) is 17.8 Å². The molecule has 2 aromatic carbocycles. The molecular formula is C22H28N4O3. The summed E-state index contributed by atoms with van der Waals surface area (Å²) in [6.07, 6.45) is 0.402. The summed E-state index contributed by atoms with van der Waals surface area (Å²) in [6, 6.07) is 12.5. The van der Waals surface area contributed by atoms with Gasteiger partial charge in [-0.15, -0.1) is 0 Å². The summed E-state index contributed by atoms with van der Waals surface area (Å²) in [6.45, 7) is 7.41. The van der Waals surface area contributed by atoms with E-state index in [0.717, 1.165) is 16.9 Å². The monoisotopic (exact) mass is 396 g/mol. The third-order valence-corrected chi connectivity index (χ3v) is 4.33. The van der Waals surface area contributed by atoms with E-state index in [4.69, 9.17) is 0 Å². The Kier molecular flexibility index (Phi) is 7.77. The highest BCUT2D eigenvalue weighted by molar-refractivity contribution is 5.96. The predicted molar refractivity (Wildman–Crippen MR) is 117 cm³/mol. The highest BCUT2D eigenvalue weighted by Crippen LogP contribution is 2.23. The minimum atomic E-state index is -0.202. The minimum Gasteiger partial charge on any atom is -0.376 e. The zero-order valence-electron chi connectivity index (χ0n) is 17.3. The number of hydrogen-bond acceptors (Lipinski definition) is 4. The molecular weight excluding hydrogens is 368 g/mol. The SMILES string of the molecule is CCC(=O)Nc1cccc(NCC(=O)Nc2ccc(NC(=O)C(C)C)cc2)c1C. The van der Waals surface area contributed by atoms with E-state index in [1.54, 1.807) is 31.2 Å². The van der Waals surface area contributed by atoms with Gasteiger partial charge in [0.15, 0.2) is 0 Å². The molecule has 0 atom stereocenters. The van der Waals surface area contributed by atoms with Gasteiger partial charge in [-0.2, -0.15) is 0 Å². The van der Waals surface area contributed by atoms with Gasteiger partial charge in [0.2, 0.25) is 17.7 Å². The molecule has 3 amide bonds. The molecule has 2 rings (SSSR count). The van der Waals surface area contributed by atoms with Crippen LogP contribution in [0.2, 0.25) is 0 Å². The van der Waals surface area contributed by atoms with Crippen LogP contribution in [0.25, 0.3) is 0 Å². The number of anilines is 4. The topological polar surface area (TPSA) is 99.3 Å². The van der Waals surface area contributed by atoms with Gasteiger partial charge in [0.25, 0.3) is 0 Å². The van der Waals surface area contributed by atoms with Gasteiger partial charge in [0, 0.05) is 35.1 Å². The Balaban J connectivity index is 1.91. The number of hydrogen-bond donors (Lipinski definition) is 4. The number of benzene rings is 2. The highest BCUT2D eigenvalue weighted by Gasteiger charge is 2.09. The number of amides is 3. The fourth-order valence-corrected chi connectivity index (χ4v) is 2.51. The molecule has 0 spiro atoms. The second-order valence-corrected chi connectivity index (χ2v) is 7.00. The van der Waals surface area contributed by atoms with E-state index in [1.165, 1.54) is 0 Å². The van der Waals surface area contributed by atoms with Crippen molar-refractivity contribution in [2.24, 2.45) is 5.92 Å². The van der Waals surface area contributed by atoms with E-state index >= 15 is 0 Å². The van der Waals surface area contributed by atoms with Crippen LogP contribution in [0.1, 0.15) is 32.8 Å². The average Bonchev–Trinajstić information content (AvgIpc) is 2.69. The Morgan fingerprint density at radius 3 is 2.00 bits per heavy atom. The van der Waals surface area contributed by atoms with E-state index in [-0.39, 0.29) is 30.2 Å². The maximum atomic E-state index is 12.2. The summed E-state index contributed by atoms with van der Waals surface area (Å²) >= 11 is 0. The number of carbonyl (C=O) groups excluding carboxylic acids is 3. The molecule has 4 N–H and O–H groups in total. The molecule has 0 aliphatic heterocycles. The summed E-state index contributed by atoms with van der Waals surface area (Å²) in [5.74, 6) is -0.418. The van der Waals surface area contributed by atoms with Crippen LogP contribution in [0.4, 0.5) is 22.7 Å². The van der Waals surface area contributed by atoms with Gasteiger partial charge in [0.1, 0.15) is 0 Å². The second kappa shape index (κ2) is 10.3. The summed E-state index contributed by atoms with van der Waals surface area (Å²) < 4.78 is 0. The van der Waals surface area contributed by atoms with Crippen molar-refractivity contribution in [2.45, 2.75) is 34.1 Å². The molecule has 0 aromatic heterocycles. The lowest BCUT2D eigenvalue weighted by Crippen LogP contribution is -2.22. The lowest BCUT2D eigenvalue weighted by molar-refractivity contribution is -0.119. The standard InChI is InChI=1S/C22H28N4O3/c1-5-20(27)26-19-8-6-7-18(15(19)4)23-13-21(28)24-16-9-11-17(12-10-16)25-22(29)14(2)3/h6-12,14,23H,5,13H2,1-4H3,(H,24,28)(H,25,29)(H,26,27). The van der Waals surface area contributed by atoms with E-state index < -0.39 is 0 Å². The Bertz CT molecular complexity index is 876. The van der Waals surface area contributed by atoms with E-state index in [1.807, 2.05) is 39.0 Å². The van der Waals surface area contributed by atoms with Crippen molar-refractivity contribution in [3.05, 3.63) is 48.0 Å². The number of nitrogens with one attached hydrogen (secondary N) is 4. The van der Waals surface area contributed by atoms with Gasteiger partial charge >= 0.3 is 0 Å².